The molecule has 1 heterocycles. The molecule has 1 aliphatic heterocycles. The highest BCUT2D eigenvalue weighted by atomic mass is 16.7. The highest BCUT2D eigenvalue weighted by Crippen LogP contribution is 2.14. The van der Waals surface area contributed by atoms with Crippen LogP contribution in [0, 0.1) is 0 Å². The molecule has 2 amide bonds. The van der Waals surface area contributed by atoms with Crippen molar-refractivity contribution in [1.29, 1.82) is 0 Å². The quantitative estimate of drug-likeness (QED) is 0.407. The second kappa shape index (κ2) is 7.86. The lowest BCUT2D eigenvalue weighted by molar-refractivity contribution is -0.128. The summed E-state index contributed by atoms with van der Waals surface area (Å²) in [6.07, 6.45) is 0.146. The standard InChI is InChI=1S/C17H29N3O5/c1-11-9-12(2)25-20(10-11)13(18-14(21)23-16(3,4)5)19-15(22)24-17(6,7)8/h9,12H,10H2,1-8H3,(H,18,19,21,22). The normalized spacial score (nSPS) is 19.2. The lowest BCUT2D eigenvalue weighted by Crippen LogP contribution is -2.49. The first-order chi connectivity index (χ1) is 11.2. The van der Waals surface area contributed by atoms with E-state index in [4.69, 9.17) is 14.3 Å². The molecule has 0 aliphatic carbocycles. The van der Waals surface area contributed by atoms with Crippen LogP contribution in [-0.4, -0.2) is 47.1 Å². The summed E-state index contributed by atoms with van der Waals surface area (Å²) in [6.45, 7) is 14.5. The Bertz CT molecular complexity index is 570. The van der Waals surface area contributed by atoms with Gasteiger partial charge < -0.3 is 9.47 Å². The van der Waals surface area contributed by atoms with Crippen LogP contribution in [0.25, 0.3) is 0 Å². The first-order valence-electron chi connectivity index (χ1n) is 8.18. The molecule has 0 aromatic rings. The van der Waals surface area contributed by atoms with Gasteiger partial charge in [0, 0.05) is 0 Å². The second-order valence-corrected chi connectivity index (χ2v) is 7.90. The van der Waals surface area contributed by atoms with Crippen LogP contribution < -0.4 is 5.32 Å². The maximum atomic E-state index is 12.1. The fourth-order valence-corrected chi connectivity index (χ4v) is 1.99. The number of guanidine groups is 1. The minimum atomic E-state index is -0.831. The number of hydrogen-bond donors (Lipinski definition) is 1. The number of alkyl carbamates (subject to hydrolysis) is 1. The average Bonchev–Trinajstić information content (AvgIpc) is 2.31. The zero-order valence-electron chi connectivity index (χ0n) is 16.3. The highest BCUT2D eigenvalue weighted by Gasteiger charge is 2.26. The van der Waals surface area contributed by atoms with E-state index in [0.29, 0.717) is 6.54 Å². The molecule has 0 radical (unpaired) electrons. The van der Waals surface area contributed by atoms with Crippen LogP contribution in [0.15, 0.2) is 16.6 Å². The van der Waals surface area contributed by atoms with Gasteiger partial charge >= 0.3 is 12.2 Å². The van der Waals surface area contributed by atoms with Gasteiger partial charge in [-0.15, -0.1) is 4.99 Å². The summed E-state index contributed by atoms with van der Waals surface area (Å²) >= 11 is 0. The molecule has 142 valence electrons. The van der Waals surface area contributed by atoms with Gasteiger partial charge in [-0.2, -0.15) is 0 Å². The molecular formula is C17H29N3O5. The van der Waals surface area contributed by atoms with Crippen LogP contribution in [0.3, 0.4) is 0 Å². The number of nitrogens with one attached hydrogen (secondary N) is 1. The summed E-state index contributed by atoms with van der Waals surface area (Å²) in [5, 5.41) is 3.80. The predicted octanol–water partition coefficient (Wildman–Crippen LogP) is 3.38. The Morgan fingerprint density at radius 1 is 1.20 bits per heavy atom. The minimum Gasteiger partial charge on any atom is -0.444 e. The van der Waals surface area contributed by atoms with Gasteiger partial charge in [-0.25, -0.2) is 14.7 Å². The van der Waals surface area contributed by atoms with Crippen LogP contribution in [-0.2, 0) is 14.3 Å². The number of nitrogens with zero attached hydrogens (tertiary/aromatic N) is 2. The Balaban J connectivity index is 3.00. The zero-order chi connectivity index (χ0) is 19.4. The van der Waals surface area contributed by atoms with Crippen molar-refractivity contribution in [1.82, 2.24) is 10.4 Å². The SMILES string of the molecule is CC1=CC(C)ON(/C(=N\C(=O)OC(C)(C)C)NC(=O)OC(C)(C)C)C1. The largest absolute Gasteiger partial charge is 0.444 e. The van der Waals surface area contributed by atoms with Crippen molar-refractivity contribution in [2.45, 2.75) is 72.7 Å². The molecule has 8 nitrogen and oxygen atoms in total. The monoisotopic (exact) mass is 355 g/mol. The maximum Gasteiger partial charge on any atom is 0.437 e. The average molecular weight is 355 g/mol. The molecule has 0 spiro atoms. The van der Waals surface area contributed by atoms with Gasteiger partial charge in [0.05, 0.1) is 6.54 Å². The van der Waals surface area contributed by atoms with Gasteiger partial charge in [-0.3, -0.25) is 10.2 Å². The number of hydrogen-bond acceptors (Lipinski definition) is 5. The van der Waals surface area contributed by atoms with Gasteiger partial charge in [0.15, 0.2) is 0 Å². The molecule has 0 aromatic carbocycles. The van der Waals surface area contributed by atoms with Crippen LogP contribution >= 0.6 is 0 Å². The van der Waals surface area contributed by atoms with Crippen LogP contribution in [0.4, 0.5) is 9.59 Å². The second-order valence-electron chi connectivity index (χ2n) is 7.90. The van der Waals surface area contributed by atoms with Crippen LogP contribution in [0.2, 0.25) is 0 Å². The van der Waals surface area contributed by atoms with E-state index in [1.165, 1.54) is 5.06 Å². The van der Waals surface area contributed by atoms with E-state index in [2.05, 4.69) is 10.3 Å². The lowest BCUT2D eigenvalue weighted by atomic mass is 10.2. The highest BCUT2D eigenvalue weighted by molar-refractivity contribution is 5.98. The number of carbonyl (C=O) groups excluding carboxylic acids is 2. The maximum absolute atomic E-state index is 12.1. The van der Waals surface area contributed by atoms with Gasteiger partial charge in [0.1, 0.15) is 17.3 Å². The van der Waals surface area contributed by atoms with Gasteiger partial charge in [-0.1, -0.05) is 11.6 Å². The summed E-state index contributed by atoms with van der Waals surface area (Å²) in [5.74, 6) is -0.0807. The molecule has 1 atom stereocenters. The van der Waals surface area contributed by atoms with Crippen molar-refractivity contribution in [3.8, 4) is 0 Å². The van der Waals surface area contributed by atoms with Crippen molar-refractivity contribution in [3.05, 3.63) is 11.6 Å². The van der Waals surface area contributed by atoms with Gasteiger partial charge in [0.25, 0.3) is 0 Å². The number of rotatable bonds is 0. The van der Waals surface area contributed by atoms with Crippen LogP contribution in [0.5, 0.6) is 0 Å². The smallest absolute Gasteiger partial charge is 0.437 e. The Morgan fingerprint density at radius 2 is 1.76 bits per heavy atom. The molecule has 0 saturated carbocycles. The van der Waals surface area contributed by atoms with E-state index in [1.54, 1.807) is 41.5 Å². The summed E-state index contributed by atoms with van der Waals surface area (Å²) in [7, 11) is 0. The van der Waals surface area contributed by atoms with Crippen molar-refractivity contribution >= 4 is 18.1 Å². The van der Waals surface area contributed by atoms with E-state index < -0.39 is 23.4 Å². The van der Waals surface area contributed by atoms with Crippen molar-refractivity contribution < 1.29 is 23.9 Å². The topological polar surface area (TPSA) is 89.5 Å². The summed E-state index contributed by atoms with van der Waals surface area (Å²) < 4.78 is 10.4. The Hall–Kier alpha value is -2.09. The fraction of sp³-hybridized carbons (Fsp3) is 0.706. The number of hydroxylamine groups is 2. The van der Waals surface area contributed by atoms with Crippen molar-refractivity contribution in [2.24, 2.45) is 4.99 Å². The summed E-state index contributed by atoms with van der Waals surface area (Å²) in [6, 6.07) is 0. The third kappa shape index (κ3) is 8.53. The summed E-state index contributed by atoms with van der Waals surface area (Å²) in [4.78, 5) is 33.6. The number of ether oxygens (including phenoxy) is 2. The van der Waals surface area contributed by atoms with E-state index in [0.717, 1.165) is 5.57 Å². The number of aliphatic imine (C=N–C) groups is 1. The molecule has 25 heavy (non-hydrogen) atoms. The zero-order valence-corrected chi connectivity index (χ0v) is 16.3. The first-order valence-corrected chi connectivity index (χ1v) is 8.18. The molecule has 1 aliphatic rings. The Kier molecular flexibility index (Phi) is 6.59. The minimum absolute atomic E-state index is 0.0807. The molecule has 0 bridgehead atoms. The first kappa shape index (κ1) is 21.0. The molecule has 1 rings (SSSR count). The number of carbonyl (C=O) groups is 2. The van der Waals surface area contributed by atoms with Crippen LogP contribution in [0.1, 0.15) is 55.4 Å². The predicted molar refractivity (Wildman–Crippen MR) is 94.0 cm³/mol. The molecule has 1 N–H and O–H groups in total. The number of amides is 2. The molecule has 0 aromatic heterocycles. The van der Waals surface area contributed by atoms with E-state index in [1.807, 2.05) is 19.9 Å². The van der Waals surface area contributed by atoms with E-state index >= 15 is 0 Å². The van der Waals surface area contributed by atoms with E-state index in [9.17, 15) is 9.59 Å². The van der Waals surface area contributed by atoms with Crippen molar-refractivity contribution in [2.75, 3.05) is 6.54 Å². The fourth-order valence-electron chi connectivity index (χ4n) is 1.99. The van der Waals surface area contributed by atoms with Gasteiger partial charge in [-0.05, 0) is 55.4 Å². The Morgan fingerprint density at radius 3 is 2.24 bits per heavy atom. The van der Waals surface area contributed by atoms with Gasteiger partial charge in [0.2, 0.25) is 5.96 Å². The van der Waals surface area contributed by atoms with E-state index in [-0.39, 0.29) is 12.1 Å². The van der Waals surface area contributed by atoms with Crippen molar-refractivity contribution in [3.63, 3.8) is 0 Å². The molecule has 8 heteroatoms. The molecular weight excluding hydrogens is 326 g/mol. The Labute approximate surface area is 149 Å². The molecule has 1 unspecified atom stereocenters. The summed E-state index contributed by atoms with van der Waals surface area (Å²) in [5.41, 5.74) is -0.377. The third-order valence-corrected chi connectivity index (χ3v) is 2.65. The third-order valence-electron chi connectivity index (χ3n) is 2.65. The lowest BCUT2D eigenvalue weighted by Gasteiger charge is -2.31. The molecule has 0 fully saturated rings. The molecule has 0 saturated heterocycles.